The summed E-state index contributed by atoms with van der Waals surface area (Å²) in [5, 5.41) is 0.704. The largest absolute Gasteiger partial charge is 0.382 e. The van der Waals surface area contributed by atoms with Gasteiger partial charge in [-0.15, -0.1) is 0 Å². The minimum Gasteiger partial charge on any atom is -0.382 e. The van der Waals surface area contributed by atoms with Crippen molar-refractivity contribution in [3.8, 4) is 0 Å². The van der Waals surface area contributed by atoms with Gasteiger partial charge >= 0.3 is 0 Å². The van der Waals surface area contributed by atoms with E-state index in [-0.39, 0.29) is 0 Å². The van der Waals surface area contributed by atoms with Crippen LogP contribution in [0.25, 0.3) is 0 Å². The molecule has 0 aliphatic carbocycles. The fourth-order valence-corrected chi connectivity index (χ4v) is 1.42. The van der Waals surface area contributed by atoms with E-state index in [0.29, 0.717) is 31.4 Å². The molecule has 3 nitrogen and oxygen atoms in total. The number of rotatable bonds is 6. The van der Waals surface area contributed by atoms with Crippen molar-refractivity contribution >= 4 is 11.6 Å². The van der Waals surface area contributed by atoms with Crippen LogP contribution in [0.3, 0.4) is 0 Å². The summed E-state index contributed by atoms with van der Waals surface area (Å²) >= 11 is 6.05. The summed E-state index contributed by atoms with van der Waals surface area (Å²) in [6.45, 7) is 2.18. The van der Waals surface area contributed by atoms with Crippen LogP contribution in [0.1, 0.15) is 11.1 Å². The molecule has 0 atom stereocenters. The molecule has 0 spiro atoms. The molecular formula is C11H16ClNO2. The molecule has 0 unspecified atom stereocenters. The summed E-state index contributed by atoms with van der Waals surface area (Å²) in [6.07, 6.45) is 0. The van der Waals surface area contributed by atoms with Gasteiger partial charge in [-0.25, -0.2) is 0 Å². The van der Waals surface area contributed by atoms with E-state index in [2.05, 4.69) is 0 Å². The second-order valence-corrected chi connectivity index (χ2v) is 3.58. The molecule has 15 heavy (non-hydrogen) atoms. The molecule has 0 heterocycles. The molecule has 0 saturated heterocycles. The SMILES string of the molecule is COCCOCc1ccc(CN)cc1Cl. The van der Waals surface area contributed by atoms with Crippen LogP contribution in [0, 0.1) is 0 Å². The fraction of sp³-hybridized carbons (Fsp3) is 0.455. The lowest BCUT2D eigenvalue weighted by molar-refractivity contribution is 0.0617. The molecule has 0 aliphatic heterocycles. The maximum absolute atomic E-state index is 6.05. The topological polar surface area (TPSA) is 44.5 Å². The Balaban J connectivity index is 2.47. The number of halogens is 1. The van der Waals surface area contributed by atoms with E-state index >= 15 is 0 Å². The Bertz CT molecular complexity index is 305. The molecule has 2 N–H and O–H groups in total. The second-order valence-electron chi connectivity index (χ2n) is 3.18. The number of hydrogen-bond acceptors (Lipinski definition) is 3. The highest BCUT2D eigenvalue weighted by molar-refractivity contribution is 6.31. The molecule has 0 fully saturated rings. The van der Waals surface area contributed by atoms with Crippen molar-refractivity contribution in [3.05, 3.63) is 34.3 Å². The highest BCUT2D eigenvalue weighted by atomic mass is 35.5. The van der Waals surface area contributed by atoms with E-state index in [4.69, 9.17) is 26.8 Å². The third-order valence-corrected chi connectivity index (χ3v) is 2.39. The van der Waals surface area contributed by atoms with Gasteiger partial charge in [0.15, 0.2) is 0 Å². The quantitative estimate of drug-likeness (QED) is 0.759. The van der Waals surface area contributed by atoms with Crippen LogP contribution in [-0.2, 0) is 22.6 Å². The van der Waals surface area contributed by atoms with Crippen molar-refractivity contribution in [2.75, 3.05) is 20.3 Å². The third-order valence-electron chi connectivity index (χ3n) is 2.04. The van der Waals surface area contributed by atoms with Gasteiger partial charge in [-0.1, -0.05) is 23.7 Å². The molecule has 4 heteroatoms. The predicted molar refractivity (Wildman–Crippen MR) is 60.9 cm³/mol. The maximum atomic E-state index is 6.05. The summed E-state index contributed by atoms with van der Waals surface area (Å²) < 4.78 is 10.2. The molecule has 1 rings (SSSR count). The van der Waals surface area contributed by atoms with E-state index in [0.717, 1.165) is 11.1 Å². The number of ether oxygens (including phenoxy) is 2. The standard InChI is InChI=1S/C11H16ClNO2/c1-14-4-5-15-8-10-3-2-9(7-13)6-11(10)12/h2-3,6H,4-5,7-8,13H2,1H3. The lowest BCUT2D eigenvalue weighted by atomic mass is 10.1. The van der Waals surface area contributed by atoms with Gasteiger partial charge in [0.1, 0.15) is 0 Å². The van der Waals surface area contributed by atoms with Gasteiger partial charge in [0.25, 0.3) is 0 Å². The average molecular weight is 230 g/mol. The highest BCUT2D eigenvalue weighted by Crippen LogP contribution is 2.18. The van der Waals surface area contributed by atoms with Crippen molar-refractivity contribution in [2.24, 2.45) is 5.73 Å². The fourth-order valence-electron chi connectivity index (χ4n) is 1.16. The van der Waals surface area contributed by atoms with E-state index < -0.39 is 0 Å². The molecule has 1 aromatic rings. The smallest absolute Gasteiger partial charge is 0.0732 e. The van der Waals surface area contributed by atoms with Gasteiger partial charge < -0.3 is 15.2 Å². The molecular weight excluding hydrogens is 214 g/mol. The van der Waals surface area contributed by atoms with E-state index in [9.17, 15) is 0 Å². The highest BCUT2D eigenvalue weighted by Gasteiger charge is 2.01. The van der Waals surface area contributed by atoms with Crippen LogP contribution in [-0.4, -0.2) is 20.3 Å². The lowest BCUT2D eigenvalue weighted by Gasteiger charge is -2.07. The van der Waals surface area contributed by atoms with Crippen LogP contribution >= 0.6 is 11.6 Å². The Morgan fingerprint density at radius 2 is 2.13 bits per heavy atom. The van der Waals surface area contributed by atoms with E-state index in [1.165, 1.54) is 0 Å². The zero-order valence-electron chi connectivity index (χ0n) is 8.83. The Kier molecular flexibility index (Phi) is 5.65. The minimum absolute atomic E-state index is 0.504. The normalized spacial score (nSPS) is 10.6. The molecule has 0 saturated carbocycles. The zero-order chi connectivity index (χ0) is 11.1. The van der Waals surface area contributed by atoms with Crippen molar-refractivity contribution in [1.82, 2.24) is 0 Å². The average Bonchev–Trinajstić information content (AvgIpc) is 2.26. The van der Waals surface area contributed by atoms with Crippen LogP contribution < -0.4 is 5.73 Å². The molecule has 1 aromatic carbocycles. The van der Waals surface area contributed by atoms with Gasteiger partial charge in [-0.2, -0.15) is 0 Å². The molecule has 0 aromatic heterocycles. The molecule has 0 radical (unpaired) electrons. The first kappa shape index (κ1) is 12.5. The van der Waals surface area contributed by atoms with Crippen molar-refractivity contribution in [2.45, 2.75) is 13.2 Å². The Morgan fingerprint density at radius 1 is 1.33 bits per heavy atom. The van der Waals surface area contributed by atoms with Crippen molar-refractivity contribution < 1.29 is 9.47 Å². The first-order valence-electron chi connectivity index (χ1n) is 4.82. The summed E-state index contributed by atoms with van der Waals surface area (Å²) in [5.74, 6) is 0. The number of benzene rings is 1. The van der Waals surface area contributed by atoms with Crippen molar-refractivity contribution in [1.29, 1.82) is 0 Å². The maximum Gasteiger partial charge on any atom is 0.0732 e. The lowest BCUT2D eigenvalue weighted by Crippen LogP contribution is -2.03. The number of nitrogens with two attached hydrogens (primary N) is 1. The number of hydrogen-bond donors (Lipinski definition) is 1. The molecule has 0 aliphatic rings. The van der Waals surface area contributed by atoms with Crippen LogP contribution in [0.15, 0.2) is 18.2 Å². The first-order valence-corrected chi connectivity index (χ1v) is 5.19. The van der Waals surface area contributed by atoms with Crippen LogP contribution in [0.2, 0.25) is 5.02 Å². The Labute approximate surface area is 95.1 Å². The van der Waals surface area contributed by atoms with Gasteiger partial charge in [-0.3, -0.25) is 0 Å². The second kappa shape index (κ2) is 6.80. The van der Waals surface area contributed by atoms with Crippen LogP contribution in [0.5, 0.6) is 0 Å². The van der Waals surface area contributed by atoms with Crippen LogP contribution in [0.4, 0.5) is 0 Å². The summed E-state index contributed by atoms with van der Waals surface area (Å²) in [5.41, 5.74) is 7.51. The van der Waals surface area contributed by atoms with Crippen molar-refractivity contribution in [3.63, 3.8) is 0 Å². The van der Waals surface area contributed by atoms with E-state index in [1.807, 2.05) is 18.2 Å². The summed E-state index contributed by atoms with van der Waals surface area (Å²) in [6, 6.07) is 5.77. The summed E-state index contributed by atoms with van der Waals surface area (Å²) in [7, 11) is 1.65. The monoisotopic (exact) mass is 229 g/mol. The third kappa shape index (κ3) is 4.18. The molecule has 0 bridgehead atoms. The summed E-state index contributed by atoms with van der Waals surface area (Å²) in [4.78, 5) is 0. The molecule has 84 valence electrons. The number of methoxy groups -OCH3 is 1. The van der Waals surface area contributed by atoms with Gasteiger partial charge in [0, 0.05) is 18.7 Å². The Hall–Kier alpha value is -0.610. The Morgan fingerprint density at radius 3 is 2.73 bits per heavy atom. The molecule has 0 amide bonds. The zero-order valence-corrected chi connectivity index (χ0v) is 9.59. The van der Waals surface area contributed by atoms with Gasteiger partial charge in [0.05, 0.1) is 19.8 Å². The van der Waals surface area contributed by atoms with Gasteiger partial charge in [-0.05, 0) is 17.2 Å². The minimum atomic E-state index is 0.504. The predicted octanol–water partition coefficient (Wildman–Crippen LogP) is 1.96. The first-order chi connectivity index (χ1) is 7.27. The van der Waals surface area contributed by atoms with E-state index in [1.54, 1.807) is 7.11 Å². The van der Waals surface area contributed by atoms with Gasteiger partial charge in [0.2, 0.25) is 0 Å².